The highest BCUT2D eigenvalue weighted by Crippen LogP contribution is 2.32. The zero-order valence-electron chi connectivity index (χ0n) is 15.8. The standard InChI is InChI=1S/C22H23F3O4/c23-15-3-1-2-4-16-28-19-10-12-20(13-11-19)29-22(24,25)18-8-5-17(6-9-18)7-14-21(26)27/h5-14H,1-4,15-16H2,(H,26,27)/b14-7+. The van der Waals surface area contributed by atoms with Crippen molar-refractivity contribution in [2.75, 3.05) is 13.3 Å². The lowest BCUT2D eigenvalue weighted by Gasteiger charge is -2.18. The molecule has 2 aromatic carbocycles. The Morgan fingerprint density at radius 1 is 0.931 bits per heavy atom. The largest absolute Gasteiger partial charge is 0.494 e. The first kappa shape index (κ1) is 22.3. The van der Waals surface area contributed by atoms with Gasteiger partial charge in [-0.15, -0.1) is 0 Å². The van der Waals surface area contributed by atoms with E-state index in [1.165, 1.54) is 42.5 Å². The summed E-state index contributed by atoms with van der Waals surface area (Å²) in [7, 11) is 0. The Balaban J connectivity index is 1.88. The zero-order chi connectivity index (χ0) is 21.1. The Kier molecular flexibility index (Phi) is 8.58. The average Bonchev–Trinajstić information content (AvgIpc) is 2.70. The first-order valence-corrected chi connectivity index (χ1v) is 9.28. The van der Waals surface area contributed by atoms with Crippen molar-refractivity contribution < 1.29 is 32.5 Å². The predicted octanol–water partition coefficient (Wildman–Crippen LogP) is 5.82. The van der Waals surface area contributed by atoms with E-state index in [1.807, 2.05) is 0 Å². The summed E-state index contributed by atoms with van der Waals surface area (Å²) < 4.78 is 51.0. The normalized spacial score (nSPS) is 11.6. The van der Waals surface area contributed by atoms with Crippen LogP contribution in [0.4, 0.5) is 13.2 Å². The second kappa shape index (κ2) is 11.1. The van der Waals surface area contributed by atoms with Gasteiger partial charge >= 0.3 is 12.1 Å². The molecule has 0 aliphatic rings. The Hall–Kier alpha value is -2.96. The van der Waals surface area contributed by atoms with E-state index in [4.69, 9.17) is 14.6 Å². The number of ether oxygens (including phenoxy) is 2. The molecule has 4 nitrogen and oxygen atoms in total. The molecular weight excluding hydrogens is 385 g/mol. The molecule has 0 spiro atoms. The molecule has 0 bridgehead atoms. The second-order valence-corrected chi connectivity index (χ2v) is 6.34. The number of benzene rings is 2. The van der Waals surface area contributed by atoms with E-state index in [0.29, 0.717) is 24.3 Å². The first-order valence-electron chi connectivity index (χ1n) is 9.28. The Labute approximate surface area is 167 Å². The van der Waals surface area contributed by atoms with Gasteiger partial charge < -0.3 is 14.6 Å². The lowest BCUT2D eigenvalue weighted by Crippen LogP contribution is -2.21. The van der Waals surface area contributed by atoms with Gasteiger partial charge in [-0.2, -0.15) is 8.78 Å². The molecule has 29 heavy (non-hydrogen) atoms. The number of carbonyl (C=O) groups is 1. The molecule has 0 unspecified atom stereocenters. The van der Waals surface area contributed by atoms with E-state index in [9.17, 15) is 18.0 Å². The van der Waals surface area contributed by atoms with Gasteiger partial charge in [-0.1, -0.05) is 18.6 Å². The highest BCUT2D eigenvalue weighted by atomic mass is 19.3. The van der Waals surface area contributed by atoms with Crippen LogP contribution in [0.5, 0.6) is 11.5 Å². The molecule has 0 aromatic heterocycles. The van der Waals surface area contributed by atoms with Crippen molar-refractivity contribution in [2.24, 2.45) is 0 Å². The third kappa shape index (κ3) is 7.89. The lowest BCUT2D eigenvalue weighted by molar-refractivity contribution is -0.185. The van der Waals surface area contributed by atoms with Crippen LogP contribution in [0, 0.1) is 0 Å². The SMILES string of the molecule is O=C(O)/C=C/c1ccc(C(F)(F)Oc2ccc(OCCCCCCF)cc2)cc1. The number of hydrogen-bond acceptors (Lipinski definition) is 3. The molecule has 0 radical (unpaired) electrons. The molecule has 0 aliphatic carbocycles. The van der Waals surface area contributed by atoms with Crippen LogP contribution >= 0.6 is 0 Å². The van der Waals surface area contributed by atoms with Crippen LogP contribution in [0.25, 0.3) is 6.08 Å². The van der Waals surface area contributed by atoms with Gasteiger partial charge in [0.15, 0.2) is 0 Å². The Bertz CT molecular complexity index is 787. The topological polar surface area (TPSA) is 55.8 Å². The van der Waals surface area contributed by atoms with Gasteiger partial charge in [0.2, 0.25) is 0 Å². The highest BCUT2D eigenvalue weighted by molar-refractivity contribution is 5.85. The van der Waals surface area contributed by atoms with Crippen LogP contribution in [-0.2, 0) is 10.9 Å². The molecule has 1 N–H and O–H groups in total. The number of halogens is 3. The number of carboxylic acids is 1. The number of carboxylic acid groups (broad SMARTS) is 1. The van der Waals surface area contributed by atoms with Crippen LogP contribution in [0.2, 0.25) is 0 Å². The van der Waals surface area contributed by atoms with Gasteiger partial charge in [-0.25, -0.2) is 4.79 Å². The Morgan fingerprint density at radius 2 is 1.55 bits per heavy atom. The number of unbranched alkanes of at least 4 members (excludes halogenated alkanes) is 3. The van der Waals surface area contributed by atoms with E-state index in [1.54, 1.807) is 12.1 Å². The minimum atomic E-state index is -3.55. The van der Waals surface area contributed by atoms with E-state index in [-0.39, 0.29) is 18.0 Å². The summed E-state index contributed by atoms with van der Waals surface area (Å²) in [4.78, 5) is 10.5. The molecule has 0 atom stereocenters. The summed E-state index contributed by atoms with van der Waals surface area (Å²) >= 11 is 0. The lowest BCUT2D eigenvalue weighted by atomic mass is 10.1. The van der Waals surface area contributed by atoms with Crippen molar-refractivity contribution in [3.8, 4) is 11.5 Å². The van der Waals surface area contributed by atoms with Crippen LogP contribution in [-0.4, -0.2) is 24.4 Å². The van der Waals surface area contributed by atoms with E-state index >= 15 is 0 Å². The molecule has 0 saturated carbocycles. The maximum Gasteiger partial charge on any atom is 0.426 e. The molecule has 0 saturated heterocycles. The molecule has 0 heterocycles. The highest BCUT2D eigenvalue weighted by Gasteiger charge is 2.34. The van der Waals surface area contributed by atoms with Crippen LogP contribution in [0.15, 0.2) is 54.6 Å². The molecule has 2 aromatic rings. The van der Waals surface area contributed by atoms with Crippen LogP contribution < -0.4 is 9.47 Å². The number of alkyl halides is 3. The molecule has 156 valence electrons. The van der Waals surface area contributed by atoms with Gasteiger partial charge in [0.1, 0.15) is 11.5 Å². The summed E-state index contributed by atoms with van der Waals surface area (Å²) in [5, 5.41) is 8.59. The van der Waals surface area contributed by atoms with Crippen molar-refractivity contribution in [3.05, 3.63) is 65.7 Å². The number of rotatable bonds is 12. The predicted molar refractivity (Wildman–Crippen MR) is 104 cm³/mol. The third-order valence-corrected chi connectivity index (χ3v) is 4.03. The van der Waals surface area contributed by atoms with Gasteiger partial charge in [0.05, 0.1) is 18.8 Å². The van der Waals surface area contributed by atoms with E-state index in [0.717, 1.165) is 25.3 Å². The molecule has 7 heteroatoms. The second-order valence-electron chi connectivity index (χ2n) is 6.34. The first-order chi connectivity index (χ1) is 13.9. The maximum absolute atomic E-state index is 14.3. The summed E-state index contributed by atoms with van der Waals surface area (Å²) in [5.41, 5.74) is 0.136. The zero-order valence-corrected chi connectivity index (χ0v) is 15.8. The number of hydrogen-bond donors (Lipinski definition) is 1. The molecular formula is C22H23F3O4. The van der Waals surface area contributed by atoms with E-state index in [2.05, 4.69) is 0 Å². The van der Waals surface area contributed by atoms with Crippen molar-refractivity contribution in [1.82, 2.24) is 0 Å². The Morgan fingerprint density at radius 3 is 2.17 bits per heavy atom. The van der Waals surface area contributed by atoms with E-state index < -0.39 is 12.1 Å². The van der Waals surface area contributed by atoms with Crippen LogP contribution in [0.3, 0.4) is 0 Å². The molecule has 0 fully saturated rings. The molecule has 0 aliphatic heterocycles. The van der Waals surface area contributed by atoms with Gasteiger partial charge in [0, 0.05) is 6.08 Å². The van der Waals surface area contributed by atoms with Crippen molar-refractivity contribution in [1.29, 1.82) is 0 Å². The number of aliphatic carboxylic acids is 1. The average molecular weight is 408 g/mol. The van der Waals surface area contributed by atoms with Gasteiger partial charge in [0.25, 0.3) is 0 Å². The smallest absolute Gasteiger partial charge is 0.426 e. The van der Waals surface area contributed by atoms with Crippen molar-refractivity contribution in [2.45, 2.75) is 31.8 Å². The quantitative estimate of drug-likeness (QED) is 0.355. The fourth-order valence-corrected chi connectivity index (χ4v) is 2.51. The fourth-order valence-electron chi connectivity index (χ4n) is 2.51. The summed E-state index contributed by atoms with van der Waals surface area (Å²) in [6.45, 7) is 0.171. The van der Waals surface area contributed by atoms with Crippen molar-refractivity contribution >= 4 is 12.0 Å². The fraction of sp³-hybridized carbons (Fsp3) is 0.318. The molecule has 2 rings (SSSR count). The summed E-state index contributed by atoms with van der Waals surface area (Å²) in [6.07, 6.45) is 1.74. The van der Waals surface area contributed by atoms with Gasteiger partial charge in [-0.3, -0.25) is 4.39 Å². The maximum atomic E-state index is 14.3. The van der Waals surface area contributed by atoms with Crippen molar-refractivity contribution in [3.63, 3.8) is 0 Å². The monoisotopic (exact) mass is 408 g/mol. The summed E-state index contributed by atoms with van der Waals surface area (Å²) in [5.74, 6) is -0.590. The van der Waals surface area contributed by atoms with Gasteiger partial charge in [-0.05, 0) is 67.3 Å². The summed E-state index contributed by atoms with van der Waals surface area (Å²) in [6, 6.07) is 11.0. The van der Waals surface area contributed by atoms with Crippen LogP contribution in [0.1, 0.15) is 36.8 Å². The minimum absolute atomic E-state index is 0.0138. The minimum Gasteiger partial charge on any atom is -0.494 e. The molecule has 0 amide bonds. The third-order valence-electron chi connectivity index (χ3n) is 4.03.